The smallest absolute Gasteiger partial charge is 0.409 e. The molecule has 0 fully saturated rings. The van der Waals surface area contributed by atoms with Crippen molar-refractivity contribution in [3.63, 3.8) is 0 Å². The molecule has 0 saturated heterocycles. The van der Waals surface area contributed by atoms with E-state index < -0.39 is 11.7 Å². The molecular weight excluding hydrogens is 283 g/mol. The van der Waals surface area contributed by atoms with Crippen molar-refractivity contribution in [2.45, 2.75) is 32.4 Å². The monoisotopic (exact) mass is 303 g/mol. The van der Waals surface area contributed by atoms with E-state index in [4.69, 9.17) is 10.9 Å². The molecule has 0 aliphatic rings. The molecule has 0 aliphatic heterocycles. The number of amidine groups is 1. The molecule has 1 aromatic rings. The van der Waals surface area contributed by atoms with Crippen LogP contribution in [0.2, 0.25) is 0 Å². The van der Waals surface area contributed by atoms with Crippen molar-refractivity contribution in [2.75, 3.05) is 18.5 Å². The minimum atomic E-state index is -4.47. The summed E-state index contributed by atoms with van der Waals surface area (Å²) >= 11 is 0. The summed E-state index contributed by atoms with van der Waals surface area (Å²) in [5.74, 6) is -0.335. The Balaban J connectivity index is 3.13. The molecule has 1 rings (SSSR count). The van der Waals surface area contributed by atoms with Crippen molar-refractivity contribution < 1.29 is 18.4 Å². The summed E-state index contributed by atoms with van der Waals surface area (Å²) in [7, 11) is 1.77. The Morgan fingerprint density at radius 2 is 2.00 bits per heavy atom. The van der Waals surface area contributed by atoms with Gasteiger partial charge >= 0.3 is 6.18 Å². The number of alkyl halides is 3. The van der Waals surface area contributed by atoms with Crippen LogP contribution in [0.3, 0.4) is 0 Å². The number of unbranched alkanes of at least 4 members (excludes halogenated alkanes) is 2. The van der Waals surface area contributed by atoms with Crippen LogP contribution < -0.4 is 10.6 Å². The fraction of sp³-hybridized carbons (Fsp3) is 0.500. The van der Waals surface area contributed by atoms with E-state index in [0.29, 0.717) is 12.2 Å². The standard InChI is InChI=1S/C14H20F3N3O/c1-3-4-5-8-20(2)12-7-6-10(14(15,16)17)9-11(12)13(18)19-21/h6-7,9,21H,3-5,8H2,1-2H3,(H2,18,19). The fourth-order valence-electron chi connectivity index (χ4n) is 2.02. The van der Waals surface area contributed by atoms with Crippen LogP contribution in [0.25, 0.3) is 0 Å². The third-order valence-corrected chi connectivity index (χ3v) is 3.22. The number of benzene rings is 1. The van der Waals surface area contributed by atoms with Crippen LogP contribution in [0.5, 0.6) is 0 Å². The summed E-state index contributed by atoms with van der Waals surface area (Å²) in [6.45, 7) is 2.75. The fourth-order valence-corrected chi connectivity index (χ4v) is 2.02. The van der Waals surface area contributed by atoms with E-state index in [1.807, 2.05) is 4.90 Å². The summed E-state index contributed by atoms with van der Waals surface area (Å²) in [4.78, 5) is 1.81. The number of oxime groups is 1. The maximum atomic E-state index is 12.8. The van der Waals surface area contributed by atoms with Crippen LogP contribution in [0.15, 0.2) is 23.4 Å². The lowest BCUT2D eigenvalue weighted by Gasteiger charge is -2.23. The van der Waals surface area contributed by atoms with Gasteiger partial charge in [0.15, 0.2) is 5.84 Å². The quantitative estimate of drug-likeness (QED) is 0.278. The largest absolute Gasteiger partial charge is 0.416 e. The number of halogens is 3. The van der Waals surface area contributed by atoms with Gasteiger partial charge in [-0.2, -0.15) is 13.2 Å². The zero-order chi connectivity index (χ0) is 16.0. The third-order valence-electron chi connectivity index (χ3n) is 3.22. The number of rotatable bonds is 6. The van der Waals surface area contributed by atoms with Crippen molar-refractivity contribution in [1.29, 1.82) is 0 Å². The van der Waals surface area contributed by atoms with Crippen molar-refractivity contribution in [2.24, 2.45) is 10.9 Å². The van der Waals surface area contributed by atoms with E-state index in [9.17, 15) is 13.2 Å². The molecule has 0 heterocycles. The molecule has 0 atom stereocenters. The summed E-state index contributed by atoms with van der Waals surface area (Å²) in [6.07, 6.45) is -1.47. The van der Waals surface area contributed by atoms with Gasteiger partial charge in [-0.05, 0) is 24.6 Å². The second-order valence-corrected chi connectivity index (χ2v) is 4.84. The summed E-state index contributed by atoms with van der Waals surface area (Å²) in [5, 5.41) is 11.6. The number of nitrogens with zero attached hydrogens (tertiary/aromatic N) is 2. The normalized spacial score (nSPS) is 12.5. The van der Waals surface area contributed by atoms with E-state index in [-0.39, 0.29) is 11.4 Å². The Kier molecular flexibility index (Phi) is 5.87. The highest BCUT2D eigenvalue weighted by molar-refractivity contribution is 6.02. The van der Waals surface area contributed by atoms with Gasteiger partial charge in [0, 0.05) is 24.8 Å². The lowest BCUT2D eigenvalue weighted by atomic mass is 10.1. The molecule has 0 aliphatic carbocycles. The van der Waals surface area contributed by atoms with Gasteiger partial charge in [-0.25, -0.2) is 0 Å². The maximum absolute atomic E-state index is 12.8. The molecule has 1 aromatic carbocycles. The van der Waals surface area contributed by atoms with Crippen LogP contribution in [-0.2, 0) is 6.18 Å². The first kappa shape index (κ1) is 17.1. The van der Waals surface area contributed by atoms with Crippen molar-refractivity contribution in [3.05, 3.63) is 29.3 Å². The summed E-state index contributed by atoms with van der Waals surface area (Å²) < 4.78 is 38.3. The molecule has 0 bridgehead atoms. The molecule has 7 heteroatoms. The van der Waals surface area contributed by atoms with E-state index in [1.54, 1.807) is 7.05 Å². The van der Waals surface area contributed by atoms with Gasteiger partial charge < -0.3 is 15.8 Å². The molecule has 0 saturated carbocycles. The molecule has 118 valence electrons. The number of hydrogen-bond acceptors (Lipinski definition) is 3. The summed E-state index contributed by atoms with van der Waals surface area (Å²) in [6, 6.07) is 3.25. The predicted octanol–water partition coefficient (Wildman–Crippen LogP) is 3.43. The molecule has 0 amide bonds. The number of anilines is 1. The highest BCUT2D eigenvalue weighted by Gasteiger charge is 2.31. The molecule has 0 unspecified atom stereocenters. The van der Waals surface area contributed by atoms with Crippen LogP contribution in [0, 0.1) is 0 Å². The summed E-state index contributed by atoms with van der Waals surface area (Å²) in [5.41, 5.74) is 5.27. The second-order valence-electron chi connectivity index (χ2n) is 4.84. The minimum absolute atomic E-state index is 0.0753. The molecule has 0 radical (unpaired) electrons. The maximum Gasteiger partial charge on any atom is 0.416 e. The third kappa shape index (κ3) is 4.54. The molecule has 0 aromatic heterocycles. The zero-order valence-electron chi connectivity index (χ0n) is 12.1. The SMILES string of the molecule is CCCCCN(C)c1ccc(C(F)(F)F)cc1/C(N)=N/O. The molecular formula is C14H20F3N3O. The molecule has 21 heavy (non-hydrogen) atoms. The van der Waals surface area contributed by atoms with Gasteiger partial charge in [-0.1, -0.05) is 24.9 Å². The zero-order valence-corrected chi connectivity index (χ0v) is 12.1. The van der Waals surface area contributed by atoms with Gasteiger partial charge in [0.25, 0.3) is 0 Å². The van der Waals surface area contributed by atoms with Gasteiger partial charge in [0.2, 0.25) is 0 Å². The van der Waals surface area contributed by atoms with Crippen molar-refractivity contribution in [1.82, 2.24) is 0 Å². The average molecular weight is 303 g/mol. The Morgan fingerprint density at radius 1 is 1.33 bits per heavy atom. The topological polar surface area (TPSA) is 61.8 Å². The Morgan fingerprint density at radius 3 is 2.52 bits per heavy atom. The minimum Gasteiger partial charge on any atom is -0.409 e. The lowest BCUT2D eigenvalue weighted by molar-refractivity contribution is -0.137. The van der Waals surface area contributed by atoms with Gasteiger partial charge in [0.05, 0.1) is 5.56 Å². The van der Waals surface area contributed by atoms with E-state index in [0.717, 1.165) is 31.4 Å². The van der Waals surface area contributed by atoms with E-state index >= 15 is 0 Å². The Hall–Kier alpha value is -1.92. The number of nitrogens with two attached hydrogens (primary N) is 1. The Labute approximate surface area is 122 Å². The van der Waals surface area contributed by atoms with Gasteiger partial charge in [-0.15, -0.1) is 0 Å². The molecule has 3 N–H and O–H groups in total. The first-order valence-electron chi connectivity index (χ1n) is 6.71. The van der Waals surface area contributed by atoms with Crippen LogP contribution in [0.4, 0.5) is 18.9 Å². The highest BCUT2D eigenvalue weighted by Crippen LogP contribution is 2.32. The highest BCUT2D eigenvalue weighted by atomic mass is 19.4. The van der Waals surface area contributed by atoms with E-state index in [1.165, 1.54) is 6.07 Å². The van der Waals surface area contributed by atoms with Gasteiger partial charge in [0.1, 0.15) is 0 Å². The average Bonchev–Trinajstić information content (AvgIpc) is 2.45. The van der Waals surface area contributed by atoms with Crippen LogP contribution in [0.1, 0.15) is 37.3 Å². The second kappa shape index (κ2) is 7.19. The number of hydrogen-bond donors (Lipinski definition) is 2. The predicted molar refractivity (Wildman–Crippen MR) is 76.7 cm³/mol. The van der Waals surface area contributed by atoms with Crippen LogP contribution >= 0.6 is 0 Å². The Bertz CT molecular complexity index is 501. The van der Waals surface area contributed by atoms with Crippen molar-refractivity contribution in [3.8, 4) is 0 Å². The van der Waals surface area contributed by atoms with Crippen LogP contribution in [-0.4, -0.2) is 24.6 Å². The van der Waals surface area contributed by atoms with E-state index in [2.05, 4.69) is 12.1 Å². The molecule has 0 spiro atoms. The first-order chi connectivity index (χ1) is 9.81. The van der Waals surface area contributed by atoms with Gasteiger partial charge in [-0.3, -0.25) is 0 Å². The van der Waals surface area contributed by atoms with Crippen molar-refractivity contribution >= 4 is 11.5 Å². The first-order valence-corrected chi connectivity index (χ1v) is 6.71. The molecule has 4 nitrogen and oxygen atoms in total. The lowest BCUT2D eigenvalue weighted by Crippen LogP contribution is -2.24.